The van der Waals surface area contributed by atoms with E-state index in [0.29, 0.717) is 25.4 Å². The number of hydrogen-bond donors (Lipinski definition) is 1. The predicted molar refractivity (Wildman–Crippen MR) is 77.3 cm³/mol. The lowest BCUT2D eigenvalue weighted by Crippen LogP contribution is -2.37. The molecule has 1 amide bonds. The number of hydrogen-bond acceptors (Lipinski definition) is 3. The molecule has 1 rings (SSSR count). The van der Waals surface area contributed by atoms with Crippen LogP contribution in [0.3, 0.4) is 0 Å². The van der Waals surface area contributed by atoms with Crippen molar-refractivity contribution in [2.45, 2.75) is 20.3 Å². The van der Waals surface area contributed by atoms with E-state index in [-0.39, 0.29) is 11.7 Å². The summed E-state index contributed by atoms with van der Waals surface area (Å²) < 4.78 is 18.2. The van der Waals surface area contributed by atoms with E-state index in [0.717, 1.165) is 19.5 Å². The summed E-state index contributed by atoms with van der Waals surface area (Å²) in [6, 6.07) is 5.98. The van der Waals surface area contributed by atoms with Crippen LogP contribution in [0.4, 0.5) is 4.39 Å². The summed E-state index contributed by atoms with van der Waals surface area (Å²) >= 11 is 0. The summed E-state index contributed by atoms with van der Waals surface area (Å²) in [7, 11) is 0. The molecule has 112 valence electrons. The average Bonchev–Trinajstić information content (AvgIpc) is 2.44. The number of nitrogens with one attached hydrogen (secondary N) is 1. The van der Waals surface area contributed by atoms with Gasteiger partial charge in [-0.1, -0.05) is 6.92 Å². The molecule has 1 N–H and O–H groups in total. The standard InChI is InChI=1S/C15H23FN2O2/c1-3-17-15(19)12-18(4-2)10-5-11-20-14-8-6-13(16)7-9-14/h6-9H,3-5,10-12H2,1-2H3,(H,17,19). The second-order valence-corrected chi connectivity index (χ2v) is 4.48. The molecule has 4 nitrogen and oxygen atoms in total. The SMILES string of the molecule is CCNC(=O)CN(CC)CCCOc1ccc(F)cc1. The molecular formula is C15H23FN2O2. The minimum Gasteiger partial charge on any atom is -0.494 e. The highest BCUT2D eigenvalue weighted by molar-refractivity contribution is 5.77. The number of carbonyl (C=O) groups excluding carboxylic acids is 1. The largest absolute Gasteiger partial charge is 0.494 e. The maximum Gasteiger partial charge on any atom is 0.234 e. The third-order valence-electron chi connectivity index (χ3n) is 2.89. The topological polar surface area (TPSA) is 41.6 Å². The molecule has 0 heterocycles. The van der Waals surface area contributed by atoms with Gasteiger partial charge in [0.05, 0.1) is 13.2 Å². The van der Waals surface area contributed by atoms with Crippen LogP contribution in [0.15, 0.2) is 24.3 Å². The van der Waals surface area contributed by atoms with Gasteiger partial charge >= 0.3 is 0 Å². The van der Waals surface area contributed by atoms with Crippen LogP contribution in [-0.4, -0.2) is 43.6 Å². The zero-order valence-electron chi connectivity index (χ0n) is 12.2. The van der Waals surface area contributed by atoms with Crippen molar-refractivity contribution in [3.63, 3.8) is 0 Å². The summed E-state index contributed by atoms with van der Waals surface area (Å²) in [5.41, 5.74) is 0. The molecule has 1 aromatic rings. The lowest BCUT2D eigenvalue weighted by Gasteiger charge is -2.19. The van der Waals surface area contributed by atoms with E-state index in [2.05, 4.69) is 10.2 Å². The number of amides is 1. The van der Waals surface area contributed by atoms with Crippen LogP contribution in [-0.2, 0) is 4.79 Å². The third kappa shape index (κ3) is 6.52. The van der Waals surface area contributed by atoms with Gasteiger partial charge in [-0.05, 0) is 44.2 Å². The van der Waals surface area contributed by atoms with Crippen LogP contribution in [0.2, 0.25) is 0 Å². The van der Waals surface area contributed by atoms with Crippen LogP contribution in [0, 0.1) is 5.82 Å². The van der Waals surface area contributed by atoms with Crippen LogP contribution in [0.5, 0.6) is 5.75 Å². The Balaban J connectivity index is 2.21. The zero-order valence-corrected chi connectivity index (χ0v) is 12.2. The number of carbonyl (C=O) groups is 1. The summed E-state index contributed by atoms with van der Waals surface area (Å²) in [5.74, 6) is 0.448. The monoisotopic (exact) mass is 282 g/mol. The fourth-order valence-corrected chi connectivity index (χ4v) is 1.81. The Labute approximate surface area is 119 Å². The molecule has 20 heavy (non-hydrogen) atoms. The molecule has 0 bridgehead atoms. The highest BCUT2D eigenvalue weighted by atomic mass is 19.1. The van der Waals surface area contributed by atoms with Crippen LogP contribution < -0.4 is 10.1 Å². The number of rotatable bonds is 9. The van der Waals surface area contributed by atoms with Crippen molar-refractivity contribution in [3.8, 4) is 5.75 Å². The molecule has 0 aliphatic carbocycles. The van der Waals surface area contributed by atoms with Crippen molar-refractivity contribution >= 4 is 5.91 Å². The molecule has 0 aliphatic rings. The molecule has 0 radical (unpaired) electrons. The first-order valence-electron chi connectivity index (χ1n) is 7.03. The first-order valence-corrected chi connectivity index (χ1v) is 7.03. The Morgan fingerprint density at radius 2 is 2.00 bits per heavy atom. The smallest absolute Gasteiger partial charge is 0.234 e. The van der Waals surface area contributed by atoms with Gasteiger partial charge in [0.2, 0.25) is 5.91 Å². The fourth-order valence-electron chi connectivity index (χ4n) is 1.81. The van der Waals surface area contributed by atoms with E-state index < -0.39 is 0 Å². The molecule has 5 heteroatoms. The zero-order chi connectivity index (χ0) is 14.8. The molecule has 1 aromatic carbocycles. The highest BCUT2D eigenvalue weighted by Crippen LogP contribution is 2.11. The van der Waals surface area contributed by atoms with E-state index in [1.165, 1.54) is 12.1 Å². The Morgan fingerprint density at radius 3 is 2.60 bits per heavy atom. The van der Waals surface area contributed by atoms with Crippen molar-refractivity contribution in [3.05, 3.63) is 30.1 Å². The van der Waals surface area contributed by atoms with Crippen molar-refractivity contribution < 1.29 is 13.9 Å². The first-order chi connectivity index (χ1) is 9.65. The van der Waals surface area contributed by atoms with Gasteiger partial charge < -0.3 is 10.1 Å². The van der Waals surface area contributed by atoms with Crippen LogP contribution in [0.25, 0.3) is 0 Å². The highest BCUT2D eigenvalue weighted by Gasteiger charge is 2.07. The van der Waals surface area contributed by atoms with Gasteiger partial charge in [-0.2, -0.15) is 0 Å². The van der Waals surface area contributed by atoms with E-state index >= 15 is 0 Å². The van der Waals surface area contributed by atoms with Gasteiger partial charge in [0.25, 0.3) is 0 Å². The molecule has 0 aliphatic heterocycles. The Morgan fingerprint density at radius 1 is 1.30 bits per heavy atom. The molecule has 0 fully saturated rings. The summed E-state index contributed by atoms with van der Waals surface area (Å²) in [4.78, 5) is 13.5. The predicted octanol–water partition coefficient (Wildman–Crippen LogP) is 2.05. The molecule has 0 atom stereocenters. The second-order valence-electron chi connectivity index (χ2n) is 4.48. The van der Waals surface area contributed by atoms with E-state index in [1.54, 1.807) is 12.1 Å². The first kappa shape index (κ1) is 16.4. The van der Waals surface area contributed by atoms with E-state index in [4.69, 9.17) is 4.74 Å². The lowest BCUT2D eigenvalue weighted by atomic mass is 10.3. The maximum atomic E-state index is 12.7. The molecule has 0 spiro atoms. The van der Waals surface area contributed by atoms with Crippen molar-refractivity contribution in [1.82, 2.24) is 10.2 Å². The Bertz CT molecular complexity index is 395. The van der Waals surface area contributed by atoms with Gasteiger partial charge in [-0.25, -0.2) is 4.39 Å². The molecule has 0 saturated carbocycles. The molecular weight excluding hydrogens is 259 g/mol. The summed E-state index contributed by atoms with van der Waals surface area (Å²) in [5, 5.41) is 2.78. The molecule has 0 aromatic heterocycles. The number of halogens is 1. The fraction of sp³-hybridized carbons (Fsp3) is 0.533. The average molecular weight is 282 g/mol. The van der Waals surface area contributed by atoms with Gasteiger partial charge in [-0.3, -0.25) is 9.69 Å². The summed E-state index contributed by atoms with van der Waals surface area (Å²) in [6.45, 7) is 7.19. The normalized spacial score (nSPS) is 10.6. The number of nitrogens with zero attached hydrogens (tertiary/aromatic N) is 1. The van der Waals surface area contributed by atoms with Crippen molar-refractivity contribution in [1.29, 1.82) is 0 Å². The lowest BCUT2D eigenvalue weighted by molar-refractivity contribution is -0.122. The maximum absolute atomic E-state index is 12.7. The van der Waals surface area contributed by atoms with Crippen LogP contribution >= 0.6 is 0 Å². The minimum absolute atomic E-state index is 0.0498. The van der Waals surface area contributed by atoms with Gasteiger partial charge in [0, 0.05) is 13.1 Å². The minimum atomic E-state index is -0.267. The van der Waals surface area contributed by atoms with Gasteiger partial charge in [-0.15, -0.1) is 0 Å². The molecule has 0 unspecified atom stereocenters. The van der Waals surface area contributed by atoms with Crippen molar-refractivity contribution in [2.24, 2.45) is 0 Å². The van der Waals surface area contributed by atoms with E-state index in [1.807, 2.05) is 13.8 Å². The summed E-state index contributed by atoms with van der Waals surface area (Å²) in [6.07, 6.45) is 0.824. The van der Waals surface area contributed by atoms with Crippen LogP contribution in [0.1, 0.15) is 20.3 Å². The van der Waals surface area contributed by atoms with Gasteiger partial charge in [0.15, 0.2) is 0 Å². The number of ether oxygens (including phenoxy) is 1. The van der Waals surface area contributed by atoms with Gasteiger partial charge in [0.1, 0.15) is 11.6 Å². The number of benzene rings is 1. The van der Waals surface area contributed by atoms with E-state index in [9.17, 15) is 9.18 Å². The third-order valence-corrected chi connectivity index (χ3v) is 2.89. The Hall–Kier alpha value is -1.62. The van der Waals surface area contributed by atoms with Crippen molar-refractivity contribution in [2.75, 3.05) is 32.8 Å². The Kier molecular flexibility index (Phi) is 7.65. The quantitative estimate of drug-likeness (QED) is 0.705. The molecule has 0 saturated heterocycles. The second kappa shape index (κ2) is 9.31. The number of likely N-dealkylation sites (N-methyl/N-ethyl adjacent to an activating group) is 2.